The molecule has 7 nitrogen and oxygen atoms in total. The fourth-order valence-electron chi connectivity index (χ4n) is 4.76. The van der Waals surface area contributed by atoms with Crippen molar-refractivity contribution in [2.24, 2.45) is 0 Å². The van der Waals surface area contributed by atoms with Crippen LogP contribution < -0.4 is 4.74 Å². The van der Waals surface area contributed by atoms with Crippen LogP contribution in [0.3, 0.4) is 0 Å². The third-order valence-electron chi connectivity index (χ3n) is 6.54. The number of ether oxygens (including phenoxy) is 3. The SMILES string of the molecule is COCC(=O)N(CC(=O)N1CCc2sccc2[C@H]1COc1ccc(C)cc1C)C[C@@H]1CCCO1. The maximum absolute atomic E-state index is 13.6. The first-order valence-corrected chi connectivity index (χ1v) is 12.8. The Morgan fingerprint density at radius 2 is 2.12 bits per heavy atom. The highest BCUT2D eigenvalue weighted by atomic mass is 32.1. The van der Waals surface area contributed by atoms with Crippen LogP contribution in [0.25, 0.3) is 0 Å². The molecule has 34 heavy (non-hydrogen) atoms. The topological polar surface area (TPSA) is 68.3 Å². The van der Waals surface area contributed by atoms with E-state index in [0.29, 0.717) is 26.3 Å². The molecule has 2 aromatic rings. The predicted molar refractivity (Wildman–Crippen MR) is 131 cm³/mol. The number of fused-ring (bicyclic) bond motifs is 1. The number of aryl methyl sites for hydroxylation is 2. The molecule has 0 unspecified atom stereocenters. The Morgan fingerprint density at radius 1 is 1.26 bits per heavy atom. The minimum Gasteiger partial charge on any atom is -0.491 e. The van der Waals surface area contributed by atoms with Gasteiger partial charge in [-0.1, -0.05) is 17.7 Å². The largest absolute Gasteiger partial charge is 0.491 e. The first kappa shape index (κ1) is 24.7. The second-order valence-electron chi connectivity index (χ2n) is 9.07. The van der Waals surface area contributed by atoms with Crippen molar-refractivity contribution in [3.8, 4) is 5.75 Å². The number of carbonyl (C=O) groups is 2. The van der Waals surface area contributed by atoms with Gasteiger partial charge in [-0.2, -0.15) is 0 Å². The van der Waals surface area contributed by atoms with Gasteiger partial charge in [0.1, 0.15) is 19.0 Å². The van der Waals surface area contributed by atoms with Gasteiger partial charge in [0.25, 0.3) is 0 Å². The summed E-state index contributed by atoms with van der Waals surface area (Å²) in [5.74, 6) is 0.562. The van der Waals surface area contributed by atoms with Gasteiger partial charge < -0.3 is 24.0 Å². The lowest BCUT2D eigenvalue weighted by molar-refractivity contribution is -0.145. The highest BCUT2D eigenvalue weighted by Crippen LogP contribution is 2.34. The van der Waals surface area contributed by atoms with Crippen LogP contribution >= 0.6 is 11.3 Å². The molecule has 1 fully saturated rings. The van der Waals surface area contributed by atoms with Crippen molar-refractivity contribution in [1.82, 2.24) is 9.80 Å². The fourth-order valence-corrected chi connectivity index (χ4v) is 5.69. The molecule has 0 saturated carbocycles. The summed E-state index contributed by atoms with van der Waals surface area (Å²) < 4.78 is 17.0. The molecule has 2 aliphatic rings. The average Bonchev–Trinajstić information content (AvgIpc) is 3.50. The Hall–Kier alpha value is -2.42. The van der Waals surface area contributed by atoms with E-state index in [-0.39, 0.29) is 37.1 Å². The van der Waals surface area contributed by atoms with Crippen molar-refractivity contribution >= 4 is 23.2 Å². The zero-order valence-electron chi connectivity index (χ0n) is 20.2. The van der Waals surface area contributed by atoms with Crippen LogP contribution in [0.1, 0.15) is 40.5 Å². The van der Waals surface area contributed by atoms with E-state index in [1.165, 1.54) is 17.6 Å². The number of thiophene rings is 1. The maximum Gasteiger partial charge on any atom is 0.249 e. The molecule has 1 saturated heterocycles. The van der Waals surface area contributed by atoms with Gasteiger partial charge in [0.05, 0.1) is 18.7 Å². The summed E-state index contributed by atoms with van der Waals surface area (Å²) >= 11 is 1.73. The van der Waals surface area contributed by atoms with Crippen molar-refractivity contribution in [3.05, 3.63) is 51.2 Å². The molecule has 3 heterocycles. The number of rotatable bonds is 9. The van der Waals surface area contributed by atoms with Gasteiger partial charge >= 0.3 is 0 Å². The van der Waals surface area contributed by atoms with Gasteiger partial charge in [-0.05, 0) is 61.7 Å². The molecule has 4 rings (SSSR count). The molecule has 0 aliphatic carbocycles. The van der Waals surface area contributed by atoms with E-state index >= 15 is 0 Å². The second kappa shape index (κ2) is 11.3. The summed E-state index contributed by atoms with van der Waals surface area (Å²) in [6.45, 7) is 6.16. The lowest BCUT2D eigenvalue weighted by Crippen LogP contribution is -2.49. The van der Waals surface area contributed by atoms with Crippen molar-refractivity contribution < 1.29 is 23.8 Å². The van der Waals surface area contributed by atoms with Crippen LogP contribution in [0.15, 0.2) is 29.6 Å². The van der Waals surface area contributed by atoms with E-state index in [2.05, 4.69) is 24.4 Å². The maximum atomic E-state index is 13.6. The van der Waals surface area contributed by atoms with Crippen molar-refractivity contribution in [2.45, 2.75) is 45.3 Å². The van der Waals surface area contributed by atoms with Gasteiger partial charge in [0.2, 0.25) is 11.8 Å². The normalized spacial score (nSPS) is 19.7. The lowest BCUT2D eigenvalue weighted by atomic mass is 10.00. The first-order chi connectivity index (χ1) is 16.5. The van der Waals surface area contributed by atoms with Gasteiger partial charge in [0.15, 0.2) is 0 Å². The highest BCUT2D eigenvalue weighted by Gasteiger charge is 2.34. The number of amides is 2. The van der Waals surface area contributed by atoms with Crippen molar-refractivity contribution in [1.29, 1.82) is 0 Å². The number of carbonyl (C=O) groups excluding carboxylic acids is 2. The Morgan fingerprint density at radius 3 is 2.85 bits per heavy atom. The summed E-state index contributed by atoms with van der Waals surface area (Å²) in [5, 5.41) is 2.08. The van der Waals surface area contributed by atoms with E-state index in [1.54, 1.807) is 16.2 Å². The zero-order valence-corrected chi connectivity index (χ0v) is 21.1. The van der Waals surface area contributed by atoms with Gasteiger partial charge in [-0.25, -0.2) is 0 Å². The zero-order chi connectivity index (χ0) is 24.1. The number of hydrogen-bond acceptors (Lipinski definition) is 6. The molecule has 0 spiro atoms. The quantitative estimate of drug-likeness (QED) is 0.543. The fraction of sp³-hybridized carbons (Fsp3) is 0.538. The van der Waals surface area contributed by atoms with E-state index < -0.39 is 0 Å². The number of hydrogen-bond donors (Lipinski definition) is 0. The van der Waals surface area contributed by atoms with E-state index in [1.807, 2.05) is 24.0 Å². The Labute approximate surface area is 205 Å². The minimum atomic E-state index is -0.192. The van der Waals surface area contributed by atoms with Gasteiger partial charge in [-0.3, -0.25) is 9.59 Å². The monoisotopic (exact) mass is 486 g/mol. The molecule has 2 aliphatic heterocycles. The molecule has 8 heteroatoms. The molecular formula is C26H34N2O5S. The van der Waals surface area contributed by atoms with Crippen molar-refractivity contribution in [3.63, 3.8) is 0 Å². The lowest BCUT2D eigenvalue weighted by Gasteiger charge is -2.37. The Kier molecular flexibility index (Phi) is 8.24. The molecule has 184 valence electrons. The average molecular weight is 487 g/mol. The van der Waals surface area contributed by atoms with Crippen LogP contribution in [-0.2, 0) is 25.5 Å². The molecule has 2 atom stereocenters. The minimum absolute atomic E-state index is 0.0155. The van der Waals surface area contributed by atoms with Gasteiger partial charge in [-0.15, -0.1) is 11.3 Å². The second-order valence-corrected chi connectivity index (χ2v) is 10.1. The summed E-state index contributed by atoms with van der Waals surface area (Å²) in [6, 6.07) is 8.02. The molecule has 0 bridgehead atoms. The Bertz CT molecular complexity index is 1000. The smallest absolute Gasteiger partial charge is 0.249 e. The van der Waals surface area contributed by atoms with E-state index in [9.17, 15) is 9.59 Å². The van der Waals surface area contributed by atoms with Crippen LogP contribution in [-0.4, -0.2) is 74.3 Å². The number of methoxy groups -OCH3 is 1. The standard InChI is InChI=1S/C26H34N2O5S/c1-18-6-7-23(19(2)13-18)33-16-22-21-9-12-34-24(21)8-10-28(22)25(29)15-27(26(30)17-31-3)14-20-5-4-11-32-20/h6-7,9,12-13,20,22H,4-5,8,10-11,14-17H2,1-3H3/t20-,22+/m0/s1. The number of benzene rings is 1. The summed E-state index contributed by atoms with van der Waals surface area (Å²) in [7, 11) is 1.49. The summed E-state index contributed by atoms with van der Waals surface area (Å²) in [6.07, 6.45) is 2.67. The van der Waals surface area contributed by atoms with Crippen LogP contribution in [0.2, 0.25) is 0 Å². The molecule has 0 radical (unpaired) electrons. The van der Waals surface area contributed by atoms with E-state index in [0.717, 1.165) is 36.1 Å². The van der Waals surface area contributed by atoms with Crippen LogP contribution in [0.5, 0.6) is 5.75 Å². The molecular weight excluding hydrogens is 452 g/mol. The number of nitrogens with zero attached hydrogens (tertiary/aromatic N) is 2. The third kappa shape index (κ3) is 5.79. The highest BCUT2D eigenvalue weighted by molar-refractivity contribution is 7.10. The van der Waals surface area contributed by atoms with E-state index in [4.69, 9.17) is 14.2 Å². The predicted octanol–water partition coefficient (Wildman–Crippen LogP) is 3.52. The van der Waals surface area contributed by atoms with Crippen LogP contribution in [0.4, 0.5) is 0 Å². The molecule has 1 aromatic heterocycles. The summed E-state index contributed by atoms with van der Waals surface area (Å²) in [5.41, 5.74) is 3.40. The molecule has 0 N–H and O–H groups in total. The summed E-state index contributed by atoms with van der Waals surface area (Å²) in [4.78, 5) is 31.0. The van der Waals surface area contributed by atoms with Crippen LogP contribution in [0, 0.1) is 13.8 Å². The molecule has 2 amide bonds. The third-order valence-corrected chi connectivity index (χ3v) is 7.53. The molecule has 1 aromatic carbocycles. The van der Waals surface area contributed by atoms with Gasteiger partial charge in [0, 0.05) is 31.7 Å². The Balaban J connectivity index is 1.49. The first-order valence-electron chi connectivity index (χ1n) is 11.9. The van der Waals surface area contributed by atoms with Crippen molar-refractivity contribution in [2.75, 3.05) is 46.6 Å².